The molecule has 8 nitrogen and oxygen atoms in total. The predicted molar refractivity (Wildman–Crippen MR) is 154 cm³/mol. The Morgan fingerprint density at radius 2 is 1.88 bits per heavy atom. The first-order valence-electron chi connectivity index (χ1n) is 13.6. The zero-order valence-electron chi connectivity index (χ0n) is 23.6. The number of aryl methyl sites for hydroxylation is 2. The summed E-state index contributed by atoms with van der Waals surface area (Å²) in [5, 5.41) is 10.8. The highest BCUT2D eigenvalue weighted by Crippen LogP contribution is 2.45. The third-order valence-electron chi connectivity index (χ3n) is 7.20. The minimum Gasteiger partial charge on any atom is -0.493 e. The maximum atomic E-state index is 13.1. The van der Waals surface area contributed by atoms with Crippen molar-refractivity contribution >= 4 is 16.9 Å². The lowest BCUT2D eigenvalue weighted by molar-refractivity contribution is 0.0702. The summed E-state index contributed by atoms with van der Waals surface area (Å²) in [6.07, 6.45) is 3.15. The Balaban J connectivity index is 1.44. The van der Waals surface area contributed by atoms with Crippen molar-refractivity contribution in [2.45, 2.75) is 46.0 Å². The van der Waals surface area contributed by atoms with Gasteiger partial charge in [0, 0.05) is 22.6 Å². The van der Waals surface area contributed by atoms with E-state index in [4.69, 9.17) is 29.1 Å². The molecule has 0 bridgehead atoms. The molecule has 41 heavy (non-hydrogen) atoms. The normalized spacial score (nSPS) is 14.3. The molecule has 2 N–H and O–H groups in total. The number of methoxy groups -OCH3 is 1. The molecule has 2 heterocycles. The van der Waals surface area contributed by atoms with Crippen LogP contribution in [0.3, 0.4) is 0 Å². The van der Waals surface area contributed by atoms with E-state index in [2.05, 4.69) is 13.0 Å². The lowest BCUT2D eigenvalue weighted by Crippen LogP contribution is -2.21. The first kappa shape index (κ1) is 27.7. The SMILES string of the molecule is CCCCCOc1ccc(C2C(C#N)=C(N)Oc3cc(OC(=O)c4oc5ccc(C)cc5c4C)ccc32)cc1OC. The van der Waals surface area contributed by atoms with Gasteiger partial charge in [-0.1, -0.05) is 43.5 Å². The van der Waals surface area contributed by atoms with Crippen LogP contribution in [0.1, 0.15) is 64.9 Å². The van der Waals surface area contributed by atoms with E-state index >= 15 is 0 Å². The molecule has 1 atom stereocenters. The predicted octanol–water partition coefficient (Wildman–Crippen LogP) is 7.06. The van der Waals surface area contributed by atoms with E-state index in [-0.39, 0.29) is 23.0 Å². The van der Waals surface area contributed by atoms with Gasteiger partial charge in [0.25, 0.3) is 0 Å². The number of hydrogen-bond donors (Lipinski definition) is 1. The second-order valence-corrected chi connectivity index (χ2v) is 10.0. The summed E-state index contributed by atoms with van der Waals surface area (Å²) in [5.74, 6) is 0.811. The smallest absolute Gasteiger partial charge is 0.379 e. The summed E-state index contributed by atoms with van der Waals surface area (Å²) in [5.41, 5.74) is 10.3. The van der Waals surface area contributed by atoms with Crippen molar-refractivity contribution in [3.8, 4) is 29.1 Å². The van der Waals surface area contributed by atoms with Gasteiger partial charge in [0.1, 0.15) is 28.7 Å². The van der Waals surface area contributed by atoms with Gasteiger partial charge in [-0.2, -0.15) is 5.26 Å². The number of unbranched alkanes of at least 4 members (excludes halogenated alkanes) is 2. The fraction of sp³-hybridized carbons (Fsp3) is 0.273. The molecule has 0 radical (unpaired) electrons. The summed E-state index contributed by atoms with van der Waals surface area (Å²) in [4.78, 5) is 13.1. The largest absolute Gasteiger partial charge is 0.493 e. The van der Waals surface area contributed by atoms with E-state index in [0.29, 0.717) is 40.6 Å². The van der Waals surface area contributed by atoms with Crippen LogP contribution in [0.5, 0.6) is 23.0 Å². The molecule has 5 rings (SSSR count). The molecule has 1 aliphatic rings. The van der Waals surface area contributed by atoms with Gasteiger partial charge in [0.05, 0.1) is 19.6 Å². The number of rotatable bonds is 9. The van der Waals surface area contributed by atoms with Crippen LogP contribution in [0.2, 0.25) is 0 Å². The number of benzene rings is 3. The number of ether oxygens (including phenoxy) is 4. The number of nitrogens with two attached hydrogens (primary N) is 1. The van der Waals surface area contributed by atoms with Crippen LogP contribution in [0.15, 0.2) is 70.5 Å². The Labute approximate surface area is 238 Å². The zero-order chi connectivity index (χ0) is 29.1. The van der Waals surface area contributed by atoms with E-state index in [1.165, 1.54) is 0 Å². The topological polar surface area (TPSA) is 117 Å². The van der Waals surface area contributed by atoms with Crippen molar-refractivity contribution < 1.29 is 28.2 Å². The van der Waals surface area contributed by atoms with E-state index in [0.717, 1.165) is 35.8 Å². The third kappa shape index (κ3) is 5.44. The Kier molecular flexibility index (Phi) is 7.88. The van der Waals surface area contributed by atoms with Crippen LogP contribution >= 0.6 is 0 Å². The summed E-state index contributed by atoms with van der Waals surface area (Å²) >= 11 is 0. The molecule has 4 aromatic rings. The third-order valence-corrected chi connectivity index (χ3v) is 7.20. The van der Waals surface area contributed by atoms with E-state index in [9.17, 15) is 10.1 Å². The Hall–Kier alpha value is -4.90. The number of fused-ring (bicyclic) bond motifs is 2. The number of furan rings is 1. The van der Waals surface area contributed by atoms with Crippen molar-refractivity contribution in [2.24, 2.45) is 5.73 Å². The zero-order valence-corrected chi connectivity index (χ0v) is 23.6. The molecular weight excluding hydrogens is 520 g/mol. The Morgan fingerprint density at radius 3 is 2.63 bits per heavy atom. The maximum absolute atomic E-state index is 13.1. The van der Waals surface area contributed by atoms with E-state index < -0.39 is 11.9 Å². The van der Waals surface area contributed by atoms with Crippen LogP contribution < -0.4 is 24.7 Å². The molecule has 1 unspecified atom stereocenters. The molecule has 1 aromatic heterocycles. The van der Waals surface area contributed by atoms with Gasteiger partial charge in [-0.25, -0.2) is 4.79 Å². The van der Waals surface area contributed by atoms with Crippen molar-refractivity contribution in [3.05, 3.63) is 94.1 Å². The first-order valence-corrected chi connectivity index (χ1v) is 13.6. The second kappa shape index (κ2) is 11.7. The second-order valence-electron chi connectivity index (χ2n) is 10.0. The molecule has 1 aliphatic heterocycles. The van der Waals surface area contributed by atoms with Gasteiger partial charge < -0.3 is 29.1 Å². The highest BCUT2D eigenvalue weighted by atomic mass is 16.5. The summed E-state index contributed by atoms with van der Waals surface area (Å²) in [6, 6.07) is 18.5. The fourth-order valence-electron chi connectivity index (χ4n) is 5.04. The van der Waals surface area contributed by atoms with Crippen molar-refractivity contribution in [3.63, 3.8) is 0 Å². The van der Waals surface area contributed by atoms with Crippen molar-refractivity contribution in [1.29, 1.82) is 5.26 Å². The van der Waals surface area contributed by atoms with Crippen molar-refractivity contribution in [1.82, 2.24) is 0 Å². The molecule has 8 heteroatoms. The minimum atomic E-state index is -0.621. The Morgan fingerprint density at radius 1 is 1.05 bits per heavy atom. The van der Waals surface area contributed by atoms with Crippen LogP contribution in [-0.4, -0.2) is 19.7 Å². The fourth-order valence-corrected chi connectivity index (χ4v) is 5.04. The standard InChI is InChI=1S/C33H32N2O6/c1-5-6-7-14-38-27-13-9-21(16-29(27)37-4)30-23-11-10-22(17-28(23)41-32(35)25(30)18-34)39-33(36)31-20(3)24-15-19(2)8-12-26(24)40-31/h8-13,15-17,30H,5-7,14,35H2,1-4H3. The number of nitrogens with zero attached hydrogens (tertiary/aromatic N) is 1. The van der Waals surface area contributed by atoms with Crippen LogP contribution in [-0.2, 0) is 0 Å². The number of esters is 1. The molecule has 0 saturated carbocycles. The lowest BCUT2D eigenvalue weighted by atomic mass is 9.83. The summed E-state index contributed by atoms with van der Waals surface area (Å²) in [7, 11) is 1.58. The number of nitriles is 1. The highest BCUT2D eigenvalue weighted by molar-refractivity contribution is 5.97. The molecule has 0 amide bonds. The molecule has 3 aromatic carbocycles. The van der Waals surface area contributed by atoms with Gasteiger partial charge in [-0.3, -0.25) is 0 Å². The van der Waals surface area contributed by atoms with Crippen LogP contribution in [0, 0.1) is 25.2 Å². The maximum Gasteiger partial charge on any atom is 0.379 e. The van der Waals surface area contributed by atoms with Crippen LogP contribution in [0.4, 0.5) is 0 Å². The van der Waals surface area contributed by atoms with Gasteiger partial charge in [-0.15, -0.1) is 0 Å². The van der Waals surface area contributed by atoms with Crippen LogP contribution in [0.25, 0.3) is 11.0 Å². The van der Waals surface area contributed by atoms with Gasteiger partial charge in [-0.05, 0) is 56.2 Å². The number of carbonyl (C=O) groups is 1. The van der Waals surface area contributed by atoms with Gasteiger partial charge in [0.15, 0.2) is 11.5 Å². The average molecular weight is 553 g/mol. The minimum absolute atomic E-state index is 0.0177. The molecule has 0 saturated heterocycles. The van der Waals surface area contributed by atoms with Gasteiger partial charge in [0.2, 0.25) is 11.6 Å². The summed E-state index contributed by atoms with van der Waals surface area (Å²) in [6.45, 7) is 6.54. The molecule has 0 aliphatic carbocycles. The number of allylic oxidation sites excluding steroid dienone is 1. The molecule has 0 fully saturated rings. The summed E-state index contributed by atoms with van der Waals surface area (Å²) < 4.78 is 28.8. The molecule has 210 valence electrons. The van der Waals surface area contributed by atoms with Crippen molar-refractivity contribution in [2.75, 3.05) is 13.7 Å². The molecular formula is C33H32N2O6. The van der Waals surface area contributed by atoms with E-state index in [1.54, 1.807) is 25.3 Å². The Bertz CT molecular complexity index is 1690. The van der Waals surface area contributed by atoms with Gasteiger partial charge >= 0.3 is 5.97 Å². The highest BCUT2D eigenvalue weighted by Gasteiger charge is 2.32. The number of hydrogen-bond acceptors (Lipinski definition) is 8. The van der Waals surface area contributed by atoms with E-state index in [1.807, 2.05) is 50.2 Å². The lowest BCUT2D eigenvalue weighted by Gasteiger charge is -2.27. The monoisotopic (exact) mass is 552 g/mol. The quantitative estimate of drug-likeness (QED) is 0.133. The average Bonchev–Trinajstić information content (AvgIpc) is 3.30. The first-order chi connectivity index (χ1) is 19.8. The number of carbonyl (C=O) groups excluding carboxylic acids is 1. The molecule has 0 spiro atoms.